The molecule has 27 heavy (non-hydrogen) atoms. The Balaban J connectivity index is 1.58. The van der Waals surface area contributed by atoms with Crippen LogP contribution in [0, 0.1) is 0 Å². The normalized spacial score (nSPS) is 11.3. The van der Waals surface area contributed by atoms with Gasteiger partial charge in [-0.25, -0.2) is 5.43 Å². The number of hydrogen-bond donors (Lipinski definition) is 1. The molecule has 2 heterocycles. The maximum absolute atomic E-state index is 12.0. The molecule has 0 aliphatic rings. The largest absolute Gasteiger partial charge is 0.342 e. The first-order chi connectivity index (χ1) is 13.2. The van der Waals surface area contributed by atoms with Crippen LogP contribution < -0.4 is 5.43 Å². The third-order valence-electron chi connectivity index (χ3n) is 4.20. The van der Waals surface area contributed by atoms with Crippen molar-refractivity contribution in [3.05, 3.63) is 92.7 Å². The van der Waals surface area contributed by atoms with E-state index in [2.05, 4.69) is 61.5 Å². The second-order valence-corrected chi connectivity index (χ2v) is 7.90. The number of carbonyl (C=O) groups is 1. The van der Waals surface area contributed by atoms with E-state index in [1.807, 2.05) is 35.7 Å². The number of para-hydroxylation sites is 1. The van der Waals surface area contributed by atoms with Gasteiger partial charge in [0.15, 0.2) is 0 Å². The van der Waals surface area contributed by atoms with Crippen LogP contribution in [-0.4, -0.2) is 16.7 Å². The first-order valence-electron chi connectivity index (χ1n) is 8.40. The van der Waals surface area contributed by atoms with E-state index in [1.54, 1.807) is 12.3 Å². The summed E-state index contributed by atoms with van der Waals surface area (Å²) in [5.74, 6) is -0.195. The highest BCUT2D eigenvalue weighted by atomic mass is 79.9. The minimum atomic E-state index is -0.195. The van der Waals surface area contributed by atoms with Gasteiger partial charge in [-0.2, -0.15) is 5.10 Å². The number of carbonyl (C=O) groups excluding carboxylic acids is 1. The van der Waals surface area contributed by atoms with E-state index in [1.165, 1.54) is 16.9 Å². The Morgan fingerprint density at radius 1 is 1.11 bits per heavy atom. The van der Waals surface area contributed by atoms with Crippen LogP contribution in [0.15, 0.2) is 81.8 Å². The third kappa shape index (κ3) is 4.02. The number of nitrogens with one attached hydrogen (secondary N) is 1. The Hall–Kier alpha value is -2.70. The van der Waals surface area contributed by atoms with Gasteiger partial charge in [0.2, 0.25) is 0 Å². The number of halogens is 1. The lowest BCUT2D eigenvalue weighted by atomic mass is 10.2. The molecule has 0 aliphatic heterocycles. The highest BCUT2D eigenvalue weighted by Crippen LogP contribution is 2.22. The standard InChI is InChI=1S/C21H16BrN3OS/c22-17-9-7-15(8-10-17)13-25-14-16(18-4-1-2-5-19(18)25)12-23-24-21(26)20-6-3-11-27-20/h1-12,14H,13H2,(H,24,26)/b23-12+. The van der Waals surface area contributed by atoms with Crippen LogP contribution in [0.25, 0.3) is 10.9 Å². The summed E-state index contributed by atoms with van der Waals surface area (Å²) in [4.78, 5) is 12.7. The minimum absolute atomic E-state index is 0.195. The van der Waals surface area contributed by atoms with Crippen LogP contribution in [0.2, 0.25) is 0 Å². The molecule has 0 spiro atoms. The number of aromatic nitrogens is 1. The van der Waals surface area contributed by atoms with Gasteiger partial charge < -0.3 is 4.57 Å². The smallest absolute Gasteiger partial charge is 0.281 e. The number of hydrazone groups is 1. The molecule has 4 nitrogen and oxygen atoms in total. The van der Waals surface area contributed by atoms with Crippen LogP contribution >= 0.6 is 27.3 Å². The van der Waals surface area contributed by atoms with Gasteiger partial charge in [-0.05, 0) is 35.2 Å². The van der Waals surface area contributed by atoms with Crippen LogP contribution in [0.1, 0.15) is 20.8 Å². The molecule has 134 valence electrons. The lowest BCUT2D eigenvalue weighted by Crippen LogP contribution is -2.16. The van der Waals surface area contributed by atoms with Crippen LogP contribution in [-0.2, 0) is 6.54 Å². The highest BCUT2D eigenvalue weighted by molar-refractivity contribution is 9.10. The van der Waals surface area contributed by atoms with E-state index in [0.717, 1.165) is 27.5 Å². The van der Waals surface area contributed by atoms with E-state index >= 15 is 0 Å². The van der Waals surface area contributed by atoms with Crippen molar-refractivity contribution in [1.82, 2.24) is 9.99 Å². The fourth-order valence-electron chi connectivity index (χ4n) is 2.92. The molecular weight excluding hydrogens is 422 g/mol. The number of benzene rings is 2. The summed E-state index contributed by atoms with van der Waals surface area (Å²) >= 11 is 4.86. The zero-order chi connectivity index (χ0) is 18.6. The van der Waals surface area contributed by atoms with Gasteiger partial charge in [0, 0.05) is 33.7 Å². The molecule has 4 aromatic rings. The Morgan fingerprint density at radius 2 is 1.93 bits per heavy atom. The molecule has 0 bridgehead atoms. The van der Waals surface area contributed by atoms with E-state index < -0.39 is 0 Å². The lowest BCUT2D eigenvalue weighted by molar-refractivity contribution is 0.0959. The Morgan fingerprint density at radius 3 is 2.70 bits per heavy atom. The number of nitrogens with zero attached hydrogens (tertiary/aromatic N) is 2. The van der Waals surface area contributed by atoms with Crippen molar-refractivity contribution in [2.45, 2.75) is 6.54 Å². The second kappa shape index (κ2) is 7.90. The van der Waals surface area contributed by atoms with Crippen molar-refractivity contribution in [3.63, 3.8) is 0 Å². The SMILES string of the molecule is O=C(N/N=C/c1cn(Cc2ccc(Br)cc2)c2ccccc12)c1cccs1. The number of amides is 1. The third-order valence-corrected chi connectivity index (χ3v) is 5.60. The Kier molecular flexibility index (Phi) is 5.18. The van der Waals surface area contributed by atoms with Gasteiger partial charge in [-0.15, -0.1) is 11.3 Å². The van der Waals surface area contributed by atoms with Gasteiger partial charge in [0.05, 0.1) is 11.1 Å². The molecule has 6 heteroatoms. The van der Waals surface area contributed by atoms with E-state index in [0.29, 0.717) is 4.88 Å². The summed E-state index contributed by atoms with van der Waals surface area (Å²) in [5, 5.41) is 7.11. The zero-order valence-corrected chi connectivity index (χ0v) is 16.7. The summed E-state index contributed by atoms with van der Waals surface area (Å²) < 4.78 is 3.26. The number of thiophene rings is 1. The highest BCUT2D eigenvalue weighted by Gasteiger charge is 2.08. The average molecular weight is 438 g/mol. The molecule has 4 rings (SSSR count). The van der Waals surface area contributed by atoms with Crippen molar-refractivity contribution in [1.29, 1.82) is 0 Å². The van der Waals surface area contributed by atoms with Gasteiger partial charge in [0.25, 0.3) is 5.91 Å². The summed E-state index contributed by atoms with van der Waals surface area (Å²) in [6.45, 7) is 0.767. The molecule has 1 N–H and O–H groups in total. The minimum Gasteiger partial charge on any atom is -0.342 e. The van der Waals surface area contributed by atoms with Gasteiger partial charge >= 0.3 is 0 Å². The first kappa shape index (κ1) is 17.7. The maximum atomic E-state index is 12.0. The van der Waals surface area contributed by atoms with Gasteiger partial charge in [-0.1, -0.05) is 52.3 Å². The van der Waals surface area contributed by atoms with Crippen molar-refractivity contribution < 1.29 is 4.79 Å². The van der Waals surface area contributed by atoms with E-state index in [9.17, 15) is 4.79 Å². The monoisotopic (exact) mass is 437 g/mol. The van der Waals surface area contributed by atoms with Gasteiger partial charge in [-0.3, -0.25) is 4.79 Å². The molecule has 2 aromatic carbocycles. The van der Waals surface area contributed by atoms with Crippen LogP contribution in [0.4, 0.5) is 0 Å². The number of fused-ring (bicyclic) bond motifs is 1. The van der Waals surface area contributed by atoms with Crippen LogP contribution in [0.5, 0.6) is 0 Å². The molecule has 0 saturated heterocycles. The fraction of sp³-hybridized carbons (Fsp3) is 0.0476. The van der Waals surface area contributed by atoms with E-state index in [4.69, 9.17) is 0 Å². The summed E-state index contributed by atoms with van der Waals surface area (Å²) in [5.41, 5.74) is 5.90. The fourth-order valence-corrected chi connectivity index (χ4v) is 3.80. The molecule has 0 radical (unpaired) electrons. The van der Waals surface area contributed by atoms with Crippen molar-refractivity contribution in [2.24, 2.45) is 5.10 Å². The van der Waals surface area contributed by atoms with Crippen molar-refractivity contribution in [3.8, 4) is 0 Å². The van der Waals surface area contributed by atoms with Gasteiger partial charge in [0.1, 0.15) is 0 Å². The quantitative estimate of drug-likeness (QED) is 0.335. The van der Waals surface area contributed by atoms with Crippen molar-refractivity contribution in [2.75, 3.05) is 0 Å². The summed E-state index contributed by atoms with van der Waals surface area (Å²) in [7, 11) is 0. The van der Waals surface area contributed by atoms with E-state index in [-0.39, 0.29) is 5.91 Å². The molecule has 0 saturated carbocycles. The predicted molar refractivity (Wildman–Crippen MR) is 115 cm³/mol. The summed E-state index contributed by atoms with van der Waals surface area (Å²) in [6.07, 6.45) is 3.76. The lowest BCUT2D eigenvalue weighted by Gasteiger charge is -2.05. The second-order valence-electron chi connectivity index (χ2n) is 6.03. The van der Waals surface area contributed by atoms with Crippen LogP contribution in [0.3, 0.4) is 0 Å². The summed E-state index contributed by atoms with van der Waals surface area (Å²) in [6, 6.07) is 20.1. The first-order valence-corrected chi connectivity index (χ1v) is 10.1. The molecule has 0 atom stereocenters. The molecule has 0 unspecified atom stereocenters. The molecular formula is C21H16BrN3OS. The molecule has 0 fully saturated rings. The van der Waals surface area contributed by atoms with Crippen molar-refractivity contribution >= 4 is 50.3 Å². The molecule has 2 aromatic heterocycles. The topological polar surface area (TPSA) is 46.4 Å². The zero-order valence-electron chi connectivity index (χ0n) is 14.3. The molecule has 1 amide bonds. The Labute approximate surface area is 169 Å². The molecule has 0 aliphatic carbocycles. The Bertz CT molecular complexity index is 1100. The predicted octanol–water partition coefficient (Wildman–Crippen LogP) is 5.28. The maximum Gasteiger partial charge on any atom is 0.281 e. The number of hydrogen-bond acceptors (Lipinski definition) is 3. The number of rotatable bonds is 5. The average Bonchev–Trinajstić information content (AvgIpc) is 3.33.